The van der Waals surface area contributed by atoms with E-state index in [0.717, 1.165) is 5.69 Å². The number of hydrogen-bond acceptors (Lipinski definition) is 4. The monoisotopic (exact) mass is 215 g/mol. The molecular formula is C11H9N3O2. The van der Waals surface area contributed by atoms with Crippen LogP contribution in [0.4, 0.5) is 0 Å². The number of carbonyl (C=O) groups is 1. The number of pyridine rings is 1. The fourth-order valence-corrected chi connectivity index (χ4v) is 1.22. The van der Waals surface area contributed by atoms with E-state index in [1.165, 1.54) is 12.4 Å². The van der Waals surface area contributed by atoms with Crippen LogP contribution in [0.2, 0.25) is 0 Å². The van der Waals surface area contributed by atoms with Gasteiger partial charge in [0, 0.05) is 30.7 Å². The van der Waals surface area contributed by atoms with Gasteiger partial charge in [-0.2, -0.15) is 0 Å². The third kappa shape index (κ3) is 2.38. The van der Waals surface area contributed by atoms with Gasteiger partial charge < -0.3 is 5.11 Å². The zero-order valence-corrected chi connectivity index (χ0v) is 8.37. The number of carboxylic acids is 1. The number of carboxylic acid groups (broad SMARTS) is 1. The molecule has 0 bridgehead atoms. The van der Waals surface area contributed by atoms with Gasteiger partial charge in [-0.1, -0.05) is 6.07 Å². The summed E-state index contributed by atoms with van der Waals surface area (Å²) in [4.78, 5) is 22.6. The maximum Gasteiger partial charge on any atom is 0.338 e. The second-order valence-corrected chi connectivity index (χ2v) is 3.19. The molecule has 0 amide bonds. The molecule has 1 N–H and O–H groups in total. The molecule has 0 aliphatic rings. The third-order valence-corrected chi connectivity index (χ3v) is 2.02. The minimum absolute atomic E-state index is 0.0878. The van der Waals surface area contributed by atoms with Crippen molar-refractivity contribution in [1.82, 2.24) is 15.0 Å². The lowest BCUT2D eigenvalue weighted by Crippen LogP contribution is -2.02. The minimum atomic E-state index is -1.02. The standard InChI is InChI=1S/C11H9N3O2/c15-11(16)8-6-13-10(14-7-8)5-9-3-1-2-4-12-9/h1-4,6-7H,5H2,(H,15,16). The van der Waals surface area contributed by atoms with Crippen molar-refractivity contribution < 1.29 is 9.90 Å². The molecule has 0 atom stereocenters. The number of aromatic nitrogens is 3. The first-order valence-corrected chi connectivity index (χ1v) is 4.70. The summed E-state index contributed by atoms with van der Waals surface area (Å²) in [5, 5.41) is 8.67. The van der Waals surface area contributed by atoms with E-state index in [0.29, 0.717) is 12.2 Å². The van der Waals surface area contributed by atoms with Crippen molar-refractivity contribution in [1.29, 1.82) is 0 Å². The Kier molecular flexibility index (Phi) is 2.86. The van der Waals surface area contributed by atoms with Crippen molar-refractivity contribution in [2.45, 2.75) is 6.42 Å². The van der Waals surface area contributed by atoms with Crippen LogP contribution in [0.25, 0.3) is 0 Å². The quantitative estimate of drug-likeness (QED) is 0.831. The molecule has 0 aliphatic heterocycles. The average molecular weight is 215 g/mol. The Morgan fingerprint density at radius 2 is 1.94 bits per heavy atom. The fourth-order valence-electron chi connectivity index (χ4n) is 1.22. The summed E-state index contributed by atoms with van der Waals surface area (Å²) in [5.41, 5.74) is 0.940. The highest BCUT2D eigenvalue weighted by Crippen LogP contribution is 2.02. The largest absolute Gasteiger partial charge is 0.478 e. The number of nitrogens with zero attached hydrogens (tertiary/aromatic N) is 3. The van der Waals surface area contributed by atoms with Crippen molar-refractivity contribution in [2.24, 2.45) is 0 Å². The van der Waals surface area contributed by atoms with Crippen molar-refractivity contribution >= 4 is 5.97 Å². The van der Waals surface area contributed by atoms with Crippen LogP contribution < -0.4 is 0 Å². The molecule has 0 saturated carbocycles. The molecule has 0 saturated heterocycles. The molecule has 0 radical (unpaired) electrons. The Bertz CT molecular complexity index is 482. The molecule has 0 unspecified atom stereocenters. The van der Waals surface area contributed by atoms with Crippen molar-refractivity contribution in [3.8, 4) is 0 Å². The van der Waals surface area contributed by atoms with Gasteiger partial charge in [0.2, 0.25) is 0 Å². The zero-order valence-electron chi connectivity index (χ0n) is 8.37. The summed E-state index contributed by atoms with van der Waals surface area (Å²) in [6.45, 7) is 0. The molecule has 0 spiro atoms. The smallest absolute Gasteiger partial charge is 0.338 e. The van der Waals surface area contributed by atoms with Crippen LogP contribution in [0.1, 0.15) is 21.9 Å². The molecule has 2 heterocycles. The first kappa shape index (κ1) is 10.2. The summed E-state index contributed by atoms with van der Waals surface area (Å²) in [7, 11) is 0. The Labute approximate surface area is 91.8 Å². The molecule has 0 aromatic carbocycles. The van der Waals surface area contributed by atoms with E-state index >= 15 is 0 Å². The second-order valence-electron chi connectivity index (χ2n) is 3.19. The second kappa shape index (κ2) is 4.48. The van der Waals surface area contributed by atoms with E-state index in [-0.39, 0.29) is 5.56 Å². The number of hydrogen-bond donors (Lipinski definition) is 1. The maximum atomic E-state index is 10.6. The van der Waals surface area contributed by atoms with Crippen molar-refractivity contribution in [3.63, 3.8) is 0 Å². The predicted octanol–water partition coefficient (Wildman–Crippen LogP) is 1.16. The first-order chi connectivity index (χ1) is 7.75. The van der Waals surface area contributed by atoms with Crippen LogP contribution >= 0.6 is 0 Å². The lowest BCUT2D eigenvalue weighted by atomic mass is 10.2. The normalized spacial score (nSPS) is 10.0. The first-order valence-electron chi connectivity index (χ1n) is 4.70. The van der Waals surface area contributed by atoms with Gasteiger partial charge in [0.15, 0.2) is 0 Å². The Balaban J connectivity index is 2.14. The Hall–Kier alpha value is -2.30. The number of aromatic carboxylic acids is 1. The molecular weight excluding hydrogens is 206 g/mol. The van der Waals surface area contributed by atoms with Gasteiger partial charge in [-0.05, 0) is 12.1 Å². The van der Waals surface area contributed by atoms with Crippen LogP contribution in [-0.4, -0.2) is 26.0 Å². The summed E-state index contributed by atoms with van der Waals surface area (Å²) in [6, 6.07) is 5.58. The van der Waals surface area contributed by atoms with E-state index in [1.807, 2.05) is 18.2 Å². The third-order valence-electron chi connectivity index (χ3n) is 2.02. The minimum Gasteiger partial charge on any atom is -0.478 e. The Morgan fingerprint density at radius 3 is 2.50 bits per heavy atom. The average Bonchev–Trinajstić information content (AvgIpc) is 2.31. The molecule has 16 heavy (non-hydrogen) atoms. The van der Waals surface area contributed by atoms with Gasteiger partial charge in [0.05, 0.1) is 5.56 Å². The highest BCUT2D eigenvalue weighted by atomic mass is 16.4. The summed E-state index contributed by atoms with van der Waals surface area (Å²) >= 11 is 0. The molecule has 2 aromatic rings. The van der Waals surface area contributed by atoms with E-state index in [2.05, 4.69) is 15.0 Å². The predicted molar refractivity (Wildman–Crippen MR) is 56.0 cm³/mol. The molecule has 2 rings (SSSR count). The van der Waals surface area contributed by atoms with Gasteiger partial charge >= 0.3 is 5.97 Å². The highest BCUT2D eigenvalue weighted by Gasteiger charge is 2.04. The van der Waals surface area contributed by atoms with Crippen LogP contribution in [0.3, 0.4) is 0 Å². The van der Waals surface area contributed by atoms with Crippen LogP contribution in [0.5, 0.6) is 0 Å². The molecule has 80 valence electrons. The van der Waals surface area contributed by atoms with E-state index in [4.69, 9.17) is 5.11 Å². The molecule has 0 aliphatic carbocycles. The lowest BCUT2D eigenvalue weighted by Gasteiger charge is -1.99. The van der Waals surface area contributed by atoms with Crippen LogP contribution in [-0.2, 0) is 6.42 Å². The lowest BCUT2D eigenvalue weighted by molar-refractivity contribution is 0.0696. The Morgan fingerprint density at radius 1 is 1.19 bits per heavy atom. The molecule has 5 heteroatoms. The summed E-state index contributed by atoms with van der Waals surface area (Å²) < 4.78 is 0. The van der Waals surface area contributed by atoms with Gasteiger partial charge in [-0.15, -0.1) is 0 Å². The van der Waals surface area contributed by atoms with Crippen molar-refractivity contribution in [2.75, 3.05) is 0 Å². The molecule has 5 nitrogen and oxygen atoms in total. The van der Waals surface area contributed by atoms with E-state index in [1.54, 1.807) is 6.20 Å². The zero-order chi connectivity index (χ0) is 11.4. The fraction of sp³-hybridized carbons (Fsp3) is 0.0909. The number of rotatable bonds is 3. The summed E-state index contributed by atoms with van der Waals surface area (Å²) in [5.74, 6) is -0.465. The van der Waals surface area contributed by atoms with Crippen molar-refractivity contribution in [3.05, 3.63) is 53.9 Å². The summed E-state index contributed by atoms with van der Waals surface area (Å²) in [6.07, 6.45) is 4.79. The SMILES string of the molecule is O=C(O)c1cnc(Cc2ccccn2)nc1. The topological polar surface area (TPSA) is 76.0 Å². The molecule has 2 aromatic heterocycles. The van der Waals surface area contributed by atoms with Crippen LogP contribution in [0.15, 0.2) is 36.8 Å². The van der Waals surface area contributed by atoms with E-state index in [9.17, 15) is 4.79 Å². The molecule has 0 fully saturated rings. The van der Waals surface area contributed by atoms with E-state index < -0.39 is 5.97 Å². The maximum absolute atomic E-state index is 10.6. The van der Waals surface area contributed by atoms with Gasteiger partial charge in [-0.25, -0.2) is 14.8 Å². The van der Waals surface area contributed by atoms with Gasteiger partial charge in [-0.3, -0.25) is 4.98 Å². The van der Waals surface area contributed by atoms with Gasteiger partial charge in [0.25, 0.3) is 0 Å². The van der Waals surface area contributed by atoms with Crippen LogP contribution in [0, 0.1) is 0 Å². The van der Waals surface area contributed by atoms with Gasteiger partial charge in [0.1, 0.15) is 5.82 Å². The highest BCUT2D eigenvalue weighted by molar-refractivity contribution is 5.86.